The molecule has 0 aliphatic carbocycles. The van der Waals surface area contributed by atoms with Crippen molar-refractivity contribution in [3.05, 3.63) is 86.9 Å². The van der Waals surface area contributed by atoms with E-state index in [4.69, 9.17) is 68.3 Å². The summed E-state index contributed by atoms with van der Waals surface area (Å²) in [6.07, 6.45) is -3.50. The molecule has 572 valence electrons. The number of aliphatic hydroxyl groups is 3. The molecular weight excluding hydrogens is 1420 g/mol. The molecule has 8 bridgehead atoms. The number of nitrogens with zero attached hydrogens (tertiary/aromatic N) is 8. The number of imidazole rings is 1. The molecule has 1 aromatic carbocycles. The Kier molecular flexibility index (Phi) is 25.0. The third kappa shape index (κ3) is 16.2. The first-order valence-electron chi connectivity index (χ1n) is 34.5. The van der Waals surface area contributed by atoms with Crippen molar-refractivity contribution in [1.29, 1.82) is 5.26 Å². The number of aliphatic hydroxyl groups excluding tert-OH is 3. The Hall–Kier alpha value is -8.42. The minimum Gasteiger partial charge on any atom is -0.505 e. The van der Waals surface area contributed by atoms with Crippen LogP contribution in [0.15, 0.2) is 73.9 Å². The zero-order chi connectivity index (χ0) is 78.1. The van der Waals surface area contributed by atoms with Crippen molar-refractivity contribution in [2.45, 2.75) is 203 Å². The number of aromatic hydroxyl groups is 1. The second-order valence-electron chi connectivity index (χ2n) is 29.7. The fourth-order valence-corrected chi connectivity index (χ4v) is 19.0. The number of carbonyl (C=O) groups excluding carboxylic acids is 8. The number of amides is 7. The molecule has 2 aromatic heterocycles. The summed E-state index contributed by atoms with van der Waals surface area (Å²) < 4.78 is 33.7. The predicted molar refractivity (Wildman–Crippen MR) is 378 cm³/mol. The summed E-state index contributed by atoms with van der Waals surface area (Å²) in [4.78, 5) is 143. The number of pyridine rings is 1. The minimum atomic E-state index is -5.35. The van der Waals surface area contributed by atoms with Crippen LogP contribution >= 0.6 is 7.82 Å². The summed E-state index contributed by atoms with van der Waals surface area (Å²) in [7, 11) is -5.35. The van der Waals surface area contributed by atoms with Gasteiger partial charge in [-0.05, 0) is 44.0 Å². The van der Waals surface area contributed by atoms with Gasteiger partial charge in [0, 0.05) is 11.8 Å². The average Bonchev–Trinajstić information content (AvgIpc) is 1.51. The molecule has 2 fully saturated rings. The molecule has 15 atom stereocenters. The van der Waals surface area contributed by atoms with Crippen LogP contribution in [0.2, 0.25) is 0 Å². The number of hydrogen-bond acceptors (Lipinski definition) is 24. The van der Waals surface area contributed by atoms with E-state index in [0.29, 0.717) is 73.9 Å². The maximum atomic E-state index is 14.5. The van der Waals surface area contributed by atoms with Crippen LogP contribution in [0.4, 0.5) is 0 Å². The molecule has 3 aromatic rings. The molecule has 2 saturated heterocycles. The number of ether oxygens (including phenoxy) is 1. The first kappa shape index (κ1) is 82.2. The second-order valence-corrected chi connectivity index (χ2v) is 31.9. The Labute approximate surface area is 614 Å². The van der Waals surface area contributed by atoms with E-state index in [2.05, 4.69) is 20.3 Å². The normalized spacial score (nSPS) is 30.8. The van der Waals surface area contributed by atoms with Gasteiger partial charge >= 0.3 is 417 Å². The third-order valence-corrected chi connectivity index (χ3v) is 24.7. The van der Waals surface area contributed by atoms with Gasteiger partial charge in [0.2, 0.25) is 0 Å². The van der Waals surface area contributed by atoms with Gasteiger partial charge in [-0.15, -0.1) is 0 Å². The molecule has 17 N–H and O–H groups in total. The van der Waals surface area contributed by atoms with Gasteiger partial charge in [0.1, 0.15) is 24.1 Å². The zero-order valence-electron chi connectivity index (χ0n) is 61.1. The van der Waals surface area contributed by atoms with Gasteiger partial charge in [0.15, 0.2) is 12.5 Å². The number of primary amides is 6. The van der Waals surface area contributed by atoms with Crippen molar-refractivity contribution in [1.82, 2.24) is 23.8 Å². The molecule has 0 radical (unpaired) electrons. The van der Waals surface area contributed by atoms with Crippen LogP contribution in [0.1, 0.15) is 172 Å². The number of aliphatic imine (C=N–C) groups is 3. The van der Waals surface area contributed by atoms with Gasteiger partial charge in [0.25, 0.3) is 7.82 Å². The van der Waals surface area contributed by atoms with E-state index in [-0.39, 0.29) is 110 Å². The molecule has 0 saturated carbocycles. The number of aldehydes is 1. The fraction of sp³-hybridized carbons (Fsp3) is 0.577. The summed E-state index contributed by atoms with van der Waals surface area (Å²) in [5, 5.41) is 56.0. The van der Waals surface area contributed by atoms with Crippen molar-refractivity contribution in [2.24, 2.45) is 94.7 Å². The number of benzene rings is 1. The monoisotopic (exact) mass is 1520 g/mol. The van der Waals surface area contributed by atoms with Crippen LogP contribution in [0, 0.1) is 76.4 Å². The number of allylic oxidation sites excluding steroid dienone is 6. The molecule has 2 unspecified atom stereocenters. The molecular formula is C71H97CoN15O17P. The summed E-state index contributed by atoms with van der Waals surface area (Å²) >= 11 is 0.0230. The zero-order valence-corrected chi connectivity index (χ0v) is 63.0. The second kappa shape index (κ2) is 32.0. The Balaban J connectivity index is 0.00000105. The quantitative estimate of drug-likeness (QED) is 0.0351. The number of aromatic nitrogens is 3. The number of hydrogen-bond donors (Lipinski definition) is 11. The topological polar surface area (TPSA) is 548 Å². The molecule has 105 heavy (non-hydrogen) atoms. The molecule has 0 spiro atoms. The van der Waals surface area contributed by atoms with Gasteiger partial charge in [-0.3, -0.25) is 14.3 Å². The van der Waals surface area contributed by atoms with Crippen LogP contribution in [-0.2, 0) is 73.4 Å². The minimum absolute atomic E-state index is 0.0111. The van der Waals surface area contributed by atoms with E-state index in [1.165, 1.54) is 24.0 Å². The number of aryl methyl sites for hydroxylation is 3. The Morgan fingerprint density at radius 1 is 0.819 bits per heavy atom. The number of phosphoric ester groups is 1. The molecule has 34 heteroatoms. The van der Waals surface area contributed by atoms with Crippen molar-refractivity contribution in [3.63, 3.8) is 0 Å². The smallest absolute Gasteiger partial charge is 0.505 e. The Morgan fingerprint density at radius 2 is 1.43 bits per heavy atom. The third-order valence-electron chi connectivity index (χ3n) is 22.5. The summed E-state index contributed by atoms with van der Waals surface area (Å²) in [6, 6.07) is 2.56. The van der Waals surface area contributed by atoms with Crippen molar-refractivity contribution in [2.75, 3.05) is 13.2 Å². The van der Waals surface area contributed by atoms with Gasteiger partial charge in [0.05, 0.1) is 41.8 Å². The van der Waals surface area contributed by atoms with E-state index in [1.807, 2.05) is 53.7 Å². The summed E-state index contributed by atoms with van der Waals surface area (Å²) in [6.45, 7) is 20.1. The predicted octanol–water partition coefficient (Wildman–Crippen LogP) is 3.12. The summed E-state index contributed by atoms with van der Waals surface area (Å²) in [5.74, 6) is -8.04. The van der Waals surface area contributed by atoms with Gasteiger partial charge in [-0.1, -0.05) is 0 Å². The number of nitrogens with one attached hydrogen (secondary N) is 1. The Morgan fingerprint density at radius 3 is 2.00 bits per heavy atom. The number of fused-ring (bicyclic) bond motifs is 7. The van der Waals surface area contributed by atoms with Crippen molar-refractivity contribution in [3.8, 4) is 10.8 Å². The van der Waals surface area contributed by atoms with Crippen LogP contribution < -0.4 is 44.6 Å². The van der Waals surface area contributed by atoms with Crippen LogP contribution in [0.5, 0.6) is 5.75 Å². The molecule has 6 aliphatic rings. The van der Waals surface area contributed by atoms with Gasteiger partial charge in [-0.25, -0.2) is 4.98 Å². The molecule has 32 nitrogen and oxygen atoms in total. The molecule has 7 amide bonds. The molecule has 6 aliphatic heterocycles. The van der Waals surface area contributed by atoms with E-state index in [9.17, 15) is 68.4 Å². The maximum absolute atomic E-state index is 14.5. The molecule has 8 heterocycles. The number of nitriles is 1. The van der Waals surface area contributed by atoms with E-state index < -0.39 is 143 Å². The number of phosphoric acid groups is 1. The van der Waals surface area contributed by atoms with E-state index in [1.54, 1.807) is 44.6 Å². The Bertz CT molecular complexity index is 4300. The number of rotatable bonds is 29. The van der Waals surface area contributed by atoms with Gasteiger partial charge in [-0.2, -0.15) is 0 Å². The van der Waals surface area contributed by atoms with Crippen molar-refractivity contribution < 1.29 is 96.9 Å². The fourth-order valence-electron chi connectivity index (χ4n) is 16.6. The first-order chi connectivity index (χ1) is 49.0. The standard InChI is InChI=1S/C62H90N13O14P.C8H9NO3.CN.Co/c1-29-20-39-40(21-30(29)2)75(28-70-39)57-52(84)53(41(27-76)87-57)89-90(85,86)88-31(3)26-69-49(83)18-19-59(8)37(22-46(66)80)56-62(11)61(10,25-48(68)82)36(14-17-45(65)79)51(74-62)33(5)55-60(9,24-47(67)81)34(12-15-43(63)77)38(71-55)23-42-58(6,7)35(13-16-44(64)78)50(72-42)32(4)54(59)73-56;1-5-8(12)7(4-11)6(3-10)2-9-5;1-2;/h20-21,23,28,31,34-37,41,52-53,56-57,76,84H,12-19,22,24-27H2,1-11H3,(H15,63,64,65,66,67,68,69,71,72,73,74,77,78,79,80,81,82,83,85,86);2,4,10,12H,3H2,1H3;;/q;;;+2/p-2/t31?,34-,35-,36-,37+,41-,52-,53-,56-,57+,59-,60+,61+,62+;;;/m1.../s1. The summed E-state index contributed by atoms with van der Waals surface area (Å²) in [5.41, 5.74) is 37.2. The van der Waals surface area contributed by atoms with Crippen LogP contribution in [0.25, 0.3) is 11.0 Å². The van der Waals surface area contributed by atoms with E-state index in [0.717, 1.165) is 11.1 Å². The van der Waals surface area contributed by atoms with E-state index >= 15 is 0 Å². The average molecular weight is 1520 g/mol. The SMILES string of the molecule is C/C1=C2N=C(/C=C3N=C(/C(C)=C4/[C@@H](CCC(N)=O)[C@](C)(CC(N)=O)[C@](C)([C@@H]5N=C1[C@](C)(CCC(=O)NCC(C)OP(=O)([O-])O[C@H]1[C@@H](O)[C@@H](n6cnc7cc(C)c(C)cc76)O[C@@H]1CO)[C@H]5CC(N)=O)[N]4[Co+][C]#N)[C@@](C)(CC(N)=O)[C@@H]\3CCC(N)=O)C(C)(C)[C@@H]/2CCC(N)=O.Cc1ncc(CO)c(C=O)c1O. The number of carbonyl (C=O) groups is 8. The van der Waals surface area contributed by atoms with Gasteiger partial charge < -0.3 is 39.1 Å². The van der Waals surface area contributed by atoms with Crippen LogP contribution in [0.3, 0.4) is 0 Å². The van der Waals surface area contributed by atoms with Crippen molar-refractivity contribution >= 4 is 83.6 Å². The molecule has 9 rings (SSSR count). The number of nitrogens with two attached hydrogens (primary N) is 6. The van der Waals surface area contributed by atoms with Crippen LogP contribution in [-0.4, -0.2) is 153 Å². The first-order valence-corrected chi connectivity index (χ1v) is 36.9.